The fourth-order valence-corrected chi connectivity index (χ4v) is 5.29. The number of halogens is 1. The molecule has 3 N–H and O–H groups in total. The third-order valence-electron chi connectivity index (χ3n) is 6.69. The van der Waals surface area contributed by atoms with Gasteiger partial charge in [-0.2, -0.15) is 0 Å². The summed E-state index contributed by atoms with van der Waals surface area (Å²) in [6.45, 7) is 0.831. The summed E-state index contributed by atoms with van der Waals surface area (Å²) in [4.78, 5) is 15.0. The van der Waals surface area contributed by atoms with E-state index in [0.717, 1.165) is 31.2 Å². The van der Waals surface area contributed by atoms with E-state index in [4.69, 9.17) is 16.3 Å². The second-order valence-corrected chi connectivity index (χ2v) is 9.04. The fraction of sp³-hybridized carbons (Fsp3) is 0.458. The van der Waals surface area contributed by atoms with Gasteiger partial charge in [-0.1, -0.05) is 30.5 Å². The molecule has 0 spiro atoms. The Morgan fingerprint density at radius 3 is 2.74 bits per heavy atom. The van der Waals surface area contributed by atoms with Crippen molar-refractivity contribution in [3.8, 4) is 11.5 Å². The largest absolute Gasteiger partial charge is 0.504 e. The number of phenolic OH excluding ortho intramolecular Hbond substituents is 1. The molecule has 31 heavy (non-hydrogen) atoms. The van der Waals surface area contributed by atoms with Crippen LogP contribution in [0.3, 0.4) is 0 Å². The maximum atomic E-state index is 12.8. The van der Waals surface area contributed by atoms with Crippen molar-refractivity contribution in [1.29, 1.82) is 0 Å². The van der Waals surface area contributed by atoms with Gasteiger partial charge in [-0.15, -0.1) is 0 Å². The highest BCUT2D eigenvalue weighted by Crippen LogP contribution is 2.50. The number of anilines is 1. The molecule has 0 bridgehead atoms. The van der Waals surface area contributed by atoms with Gasteiger partial charge in [-0.3, -0.25) is 9.69 Å². The number of ether oxygens (including phenoxy) is 1. The number of carbonyl (C=O) groups is 1. The first-order valence-electron chi connectivity index (χ1n) is 10.8. The number of hydrogen-bond acceptors (Lipinski definition) is 5. The number of benzene rings is 2. The quantitative estimate of drug-likeness (QED) is 0.638. The van der Waals surface area contributed by atoms with Crippen LogP contribution in [0.15, 0.2) is 42.5 Å². The molecule has 1 heterocycles. The van der Waals surface area contributed by atoms with E-state index >= 15 is 0 Å². The van der Waals surface area contributed by atoms with E-state index in [1.54, 1.807) is 30.3 Å². The first-order chi connectivity index (χ1) is 14.9. The summed E-state index contributed by atoms with van der Waals surface area (Å²) < 4.78 is 5.32. The molecule has 3 atom stereocenters. The minimum absolute atomic E-state index is 0.0209. The molecule has 2 aliphatic rings. The molecule has 0 unspecified atom stereocenters. The van der Waals surface area contributed by atoms with Gasteiger partial charge >= 0.3 is 0 Å². The fourth-order valence-electron chi connectivity index (χ4n) is 5.16. The number of nitrogens with one attached hydrogen (secondary N) is 1. The smallest absolute Gasteiger partial charge is 0.238 e. The Hall–Kier alpha value is -2.28. The Bertz CT molecular complexity index is 936. The minimum atomic E-state index is -0.725. The average molecular weight is 445 g/mol. The third-order valence-corrected chi connectivity index (χ3v) is 6.94. The zero-order chi connectivity index (χ0) is 22.0. The normalized spacial score (nSPS) is 26.2. The number of carbonyl (C=O) groups excluding carboxylic acids is 1. The zero-order valence-electron chi connectivity index (χ0n) is 17.7. The highest BCUT2D eigenvalue weighted by molar-refractivity contribution is 6.30. The summed E-state index contributed by atoms with van der Waals surface area (Å²) in [5.74, 6) is 0.382. The van der Waals surface area contributed by atoms with Gasteiger partial charge in [0.25, 0.3) is 0 Å². The molecule has 6 nitrogen and oxygen atoms in total. The lowest BCUT2D eigenvalue weighted by Crippen LogP contribution is -2.56. The minimum Gasteiger partial charge on any atom is -0.504 e. The number of piperidine rings is 1. The molecule has 0 radical (unpaired) electrons. The number of phenols is 1. The summed E-state index contributed by atoms with van der Waals surface area (Å²) in [7, 11) is 1.52. The van der Waals surface area contributed by atoms with Crippen LogP contribution in [0.5, 0.6) is 11.5 Å². The number of methoxy groups -OCH3 is 1. The summed E-state index contributed by atoms with van der Waals surface area (Å²) in [5.41, 5.74) is 0.916. The van der Waals surface area contributed by atoms with Crippen LogP contribution >= 0.6 is 11.6 Å². The standard InChI is InChI=1S/C24H29ClN2O4/c1-31-21-14-16(5-10-20(21)28)23-19-4-2-3-11-24(19,30)12-13-27(23)15-22(29)26-18-8-6-17(25)7-9-18/h5-10,14,19,23,28,30H,2-4,11-13,15H2,1H3,(H,26,29)/t19-,23+,24-/m1/s1. The molecule has 1 aliphatic carbocycles. The molecule has 2 aromatic carbocycles. The van der Waals surface area contributed by atoms with Crippen LogP contribution in [-0.4, -0.2) is 46.8 Å². The molecule has 2 aromatic rings. The van der Waals surface area contributed by atoms with Gasteiger partial charge in [0.2, 0.25) is 5.91 Å². The molecular weight excluding hydrogens is 416 g/mol. The Morgan fingerprint density at radius 1 is 1.23 bits per heavy atom. The van der Waals surface area contributed by atoms with E-state index in [1.807, 2.05) is 12.1 Å². The first kappa shape index (κ1) is 21.9. The SMILES string of the molecule is COc1cc([C@H]2[C@H]3CCCC[C@@]3(O)CCN2CC(=O)Nc2ccc(Cl)cc2)ccc1O. The van der Waals surface area contributed by atoms with Gasteiger partial charge in [-0.05, 0) is 61.2 Å². The molecule has 7 heteroatoms. The number of rotatable bonds is 5. The topological polar surface area (TPSA) is 82.0 Å². The van der Waals surface area contributed by atoms with E-state index in [0.29, 0.717) is 29.4 Å². The number of hydrogen-bond donors (Lipinski definition) is 3. The molecule has 4 rings (SSSR count). The van der Waals surface area contributed by atoms with Crippen LogP contribution in [0.25, 0.3) is 0 Å². The van der Waals surface area contributed by atoms with Crippen LogP contribution in [0.2, 0.25) is 5.02 Å². The predicted molar refractivity (Wildman–Crippen MR) is 121 cm³/mol. The first-order valence-corrected chi connectivity index (χ1v) is 11.2. The lowest BCUT2D eigenvalue weighted by atomic mass is 9.66. The van der Waals surface area contributed by atoms with Gasteiger partial charge in [-0.25, -0.2) is 0 Å². The van der Waals surface area contributed by atoms with Crippen LogP contribution in [0.1, 0.15) is 43.7 Å². The monoisotopic (exact) mass is 444 g/mol. The van der Waals surface area contributed by atoms with Gasteiger partial charge in [0.05, 0.1) is 19.3 Å². The lowest BCUT2D eigenvalue weighted by Gasteiger charge is -2.52. The second-order valence-electron chi connectivity index (χ2n) is 8.61. The van der Waals surface area contributed by atoms with E-state index in [-0.39, 0.29) is 30.2 Å². The maximum Gasteiger partial charge on any atom is 0.238 e. The van der Waals surface area contributed by atoms with Gasteiger partial charge < -0.3 is 20.3 Å². The summed E-state index contributed by atoms with van der Waals surface area (Å²) in [5, 5.41) is 25.0. The lowest BCUT2D eigenvalue weighted by molar-refractivity contribution is -0.135. The highest BCUT2D eigenvalue weighted by Gasteiger charge is 2.49. The number of aromatic hydroxyl groups is 1. The van der Waals surface area contributed by atoms with Gasteiger partial charge in [0.15, 0.2) is 11.5 Å². The molecule has 166 valence electrons. The van der Waals surface area contributed by atoms with Crippen molar-refractivity contribution in [3.05, 3.63) is 53.1 Å². The Kier molecular flexibility index (Phi) is 6.42. The molecule has 0 aromatic heterocycles. The maximum absolute atomic E-state index is 12.8. The zero-order valence-corrected chi connectivity index (χ0v) is 18.4. The molecule has 1 saturated carbocycles. The number of fused-ring (bicyclic) bond motifs is 1. The van der Waals surface area contributed by atoms with Crippen molar-refractivity contribution in [1.82, 2.24) is 4.90 Å². The third kappa shape index (κ3) is 4.66. The van der Waals surface area contributed by atoms with Crippen LogP contribution in [-0.2, 0) is 4.79 Å². The van der Waals surface area contributed by atoms with E-state index < -0.39 is 5.60 Å². The van der Waals surface area contributed by atoms with Crippen molar-refractivity contribution in [2.24, 2.45) is 5.92 Å². The number of likely N-dealkylation sites (tertiary alicyclic amines) is 1. The molecule has 2 fully saturated rings. The molecule has 1 aliphatic heterocycles. The Labute approximate surface area is 187 Å². The molecular formula is C24H29ClN2O4. The Morgan fingerprint density at radius 2 is 2.00 bits per heavy atom. The van der Waals surface area contributed by atoms with E-state index in [9.17, 15) is 15.0 Å². The van der Waals surface area contributed by atoms with Crippen molar-refractivity contribution >= 4 is 23.2 Å². The van der Waals surface area contributed by atoms with E-state index in [2.05, 4.69) is 10.2 Å². The van der Waals surface area contributed by atoms with Crippen molar-refractivity contribution in [2.75, 3.05) is 25.5 Å². The molecule has 1 amide bonds. The van der Waals surface area contributed by atoms with Crippen LogP contribution in [0.4, 0.5) is 5.69 Å². The summed E-state index contributed by atoms with van der Waals surface area (Å²) >= 11 is 5.93. The predicted octanol–water partition coefficient (Wildman–Crippen LogP) is 4.36. The van der Waals surface area contributed by atoms with E-state index in [1.165, 1.54) is 7.11 Å². The van der Waals surface area contributed by atoms with Crippen molar-refractivity contribution in [3.63, 3.8) is 0 Å². The second kappa shape index (κ2) is 9.07. The number of aliphatic hydroxyl groups is 1. The van der Waals surface area contributed by atoms with Crippen molar-refractivity contribution in [2.45, 2.75) is 43.7 Å². The summed E-state index contributed by atoms with van der Waals surface area (Å²) in [6.07, 6.45) is 4.42. The summed E-state index contributed by atoms with van der Waals surface area (Å²) in [6, 6.07) is 12.2. The number of amides is 1. The molecule has 1 saturated heterocycles. The average Bonchev–Trinajstić information content (AvgIpc) is 2.76. The van der Waals surface area contributed by atoms with Crippen LogP contribution in [0, 0.1) is 5.92 Å². The Balaban J connectivity index is 1.60. The highest BCUT2D eigenvalue weighted by atomic mass is 35.5. The van der Waals surface area contributed by atoms with Crippen LogP contribution < -0.4 is 10.1 Å². The van der Waals surface area contributed by atoms with Gasteiger partial charge in [0, 0.05) is 29.2 Å². The number of nitrogens with zero attached hydrogens (tertiary/aromatic N) is 1. The van der Waals surface area contributed by atoms with Gasteiger partial charge in [0.1, 0.15) is 0 Å². The van der Waals surface area contributed by atoms with Crippen molar-refractivity contribution < 1.29 is 19.7 Å².